The van der Waals surface area contributed by atoms with Gasteiger partial charge in [0.25, 0.3) is 5.56 Å². The molecular formula is C13H22N4O2. The van der Waals surface area contributed by atoms with Crippen molar-refractivity contribution >= 4 is 5.82 Å². The minimum atomic E-state index is -0.399. The summed E-state index contributed by atoms with van der Waals surface area (Å²) in [6, 6.07) is 0.264. The Kier molecular flexibility index (Phi) is 4.07. The van der Waals surface area contributed by atoms with Crippen LogP contribution in [0.4, 0.5) is 5.82 Å². The molecule has 6 nitrogen and oxygen atoms in total. The highest BCUT2D eigenvalue weighted by molar-refractivity contribution is 5.31. The van der Waals surface area contributed by atoms with Gasteiger partial charge in [0.1, 0.15) is 0 Å². The normalized spacial score (nSPS) is 23.9. The second kappa shape index (κ2) is 5.59. The van der Waals surface area contributed by atoms with E-state index in [4.69, 9.17) is 0 Å². The molecule has 1 fully saturated rings. The molecule has 0 aromatic carbocycles. The summed E-state index contributed by atoms with van der Waals surface area (Å²) in [6.45, 7) is 2.20. The fourth-order valence-electron chi connectivity index (χ4n) is 2.67. The second-order valence-electron chi connectivity index (χ2n) is 5.49. The molecule has 1 aliphatic carbocycles. The summed E-state index contributed by atoms with van der Waals surface area (Å²) >= 11 is 0. The Bertz CT molecular complexity index is 561. The predicted octanol–water partition coefficient (Wildman–Crippen LogP) is 0.860. The van der Waals surface area contributed by atoms with Crippen LogP contribution in [0.15, 0.2) is 9.59 Å². The lowest BCUT2D eigenvalue weighted by molar-refractivity contribution is 0.452. The van der Waals surface area contributed by atoms with Gasteiger partial charge in [-0.25, -0.2) is 9.48 Å². The molecule has 6 heteroatoms. The topological polar surface area (TPSA) is 68.9 Å². The van der Waals surface area contributed by atoms with E-state index >= 15 is 0 Å². The maximum absolute atomic E-state index is 12.0. The van der Waals surface area contributed by atoms with Crippen LogP contribution in [-0.4, -0.2) is 20.4 Å². The summed E-state index contributed by atoms with van der Waals surface area (Å²) in [6.07, 6.45) is 5.89. The standard InChI is InChI=1S/C13H22N4O2/c1-9-7-5-4-6-8-10(9)14-11-12(18)16(2)13(19)17(3)15-11/h9-10H,4-8H2,1-3H3,(H,14,15). The van der Waals surface area contributed by atoms with Crippen molar-refractivity contribution in [2.75, 3.05) is 5.32 Å². The van der Waals surface area contributed by atoms with Crippen molar-refractivity contribution in [2.24, 2.45) is 20.0 Å². The van der Waals surface area contributed by atoms with Crippen LogP contribution in [0.1, 0.15) is 39.0 Å². The lowest BCUT2D eigenvalue weighted by Crippen LogP contribution is -2.41. The zero-order valence-corrected chi connectivity index (χ0v) is 11.8. The van der Waals surface area contributed by atoms with E-state index in [1.54, 1.807) is 7.05 Å². The number of hydrogen-bond acceptors (Lipinski definition) is 4. The molecule has 0 spiro atoms. The van der Waals surface area contributed by atoms with Gasteiger partial charge in [-0.05, 0) is 18.8 Å². The van der Waals surface area contributed by atoms with Crippen LogP contribution in [0.3, 0.4) is 0 Å². The third kappa shape index (κ3) is 2.88. The molecule has 2 unspecified atom stereocenters. The van der Waals surface area contributed by atoms with Crippen LogP contribution >= 0.6 is 0 Å². The van der Waals surface area contributed by atoms with Crippen molar-refractivity contribution in [2.45, 2.75) is 45.1 Å². The number of hydrogen-bond donors (Lipinski definition) is 1. The molecule has 1 aromatic heterocycles. The van der Waals surface area contributed by atoms with Crippen LogP contribution in [0.5, 0.6) is 0 Å². The Morgan fingerprint density at radius 3 is 2.58 bits per heavy atom. The Morgan fingerprint density at radius 1 is 1.16 bits per heavy atom. The molecule has 1 aromatic rings. The zero-order valence-electron chi connectivity index (χ0n) is 11.8. The van der Waals surface area contributed by atoms with Gasteiger partial charge >= 0.3 is 5.69 Å². The van der Waals surface area contributed by atoms with Gasteiger partial charge in [-0.15, -0.1) is 5.10 Å². The van der Waals surface area contributed by atoms with Crippen LogP contribution in [-0.2, 0) is 14.1 Å². The highest BCUT2D eigenvalue weighted by Gasteiger charge is 2.21. The molecule has 2 atom stereocenters. The molecule has 0 aliphatic heterocycles. The lowest BCUT2D eigenvalue weighted by atomic mass is 9.97. The number of nitrogens with one attached hydrogen (secondary N) is 1. The van der Waals surface area contributed by atoms with Gasteiger partial charge in [0, 0.05) is 20.1 Å². The fraction of sp³-hybridized carbons (Fsp3) is 0.769. The van der Waals surface area contributed by atoms with Crippen molar-refractivity contribution in [3.05, 3.63) is 20.8 Å². The van der Waals surface area contributed by atoms with Gasteiger partial charge in [0.15, 0.2) is 0 Å². The van der Waals surface area contributed by atoms with Crippen molar-refractivity contribution in [1.82, 2.24) is 14.3 Å². The van der Waals surface area contributed by atoms with E-state index in [0.717, 1.165) is 11.0 Å². The largest absolute Gasteiger partial charge is 0.361 e. The van der Waals surface area contributed by atoms with Gasteiger partial charge in [0.05, 0.1) is 0 Å². The number of nitrogens with zero attached hydrogens (tertiary/aromatic N) is 3. The van der Waals surface area contributed by atoms with Crippen molar-refractivity contribution in [1.29, 1.82) is 0 Å². The Hall–Kier alpha value is -1.59. The third-order valence-corrected chi connectivity index (χ3v) is 4.00. The predicted molar refractivity (Wildman–Crippen MR) is 74.4 cm³/mol. The number of aryl methyl sites for hydroxylation is 1. The van der Waals surface area contributed by atoms with E-state index in [9.17, 15) is 9.59 Å². The minimum Gasteiger partial charge on any atom is -0.361 e. The first-order chi connectivity index (χ1) is 9.00. The highest BCUT2D eigenvalue weighted by Crippen LogP contribution is 2.24. The van der Waals surface area contributed by atoms with E-state index in [-0.39, 0.29) is 17.4 Å². The maximum atomic E-state index is 12.0. The summed E-state index contributed by atoms with van der Waals surface area (Å²) in [7, 11) is 3.04. The summed E-state index contributed by atoms with van der Waals surface area (Å²) < 4.78 is 2.29. The van der Waals surface area contributed by atoms with Crippen molar-refractivity contribution in [3.8, 4) is 0 Å². The Morgan fingerprint density at radius 2 is 1.84 bits per heavy atom. The van der Waals surface area contributed by atoms with Gasteiger partial charge in [0.2, 0.25) is 5.82 Å². The summed E-state index contributed by atoms with van der Waals surface area (Å²) in [5.41, 5.74) is -0.746. The molecule has 0 amide bonds. The first-order valence-corrected chi connectivity index (χ1v) is 6.91. The molecule has 2 rings (SSSR count). The van der Waals surface area contributed by atoms with E-state index in [0.29, 0.717) is 5.92 Å². The first kappa shape index (κ1) is 13.8. The summed E-state index contributed by atoms with van der Waals surface area (Å²) in [5.74, 6) is 0.801. The Balaban J connectivity index is 2.28. The molecular weight excluding hydrogens is 244 g/mol. The summed E-state index contributed by atoms with van der Waals surface area (Å²) in [5, 5.41) is 7.30. The summed E-state index contributed by atoms with van der Waals surface area (Å²) in [4.78, 5) is 23.6. The van der Waals surface area contributed by atoms with E-state index in [2.05, 4.69) is 17.3 Å². The van der Waals surface area contributed by atoms with Crippen LogP contribution in [0.25, 0.3) is 0 Å². The van der Waals surface area contributed by atoms with Crippen LogP contribution in [0, 0.1) is 5.92 Å². The smallest absolute Gasteiger partial charge is 0.346 e. The molecule has 1 heterocycles. The molecule has 19 heavy (non-hydrogen) atoms. The van der Waals surface area contributed by atoms with Gasteiger partial charge in [-0.3, -0.25) is 9.36 Å². The lowest BCUT2D eigenvalue weighted by Gasteiger charge is -2.23. The van der Waals surface area contributed by atoms with Crippen molar-refractivity contribution in [3.63, 3.8) is 0 Å². The molecule has 1 N–H and O–H groups in total. The molecule has 1 saturated carbocycles. The number of aromatic nitrogens is 3. The van der Waals surface area contributed by atoms with Crippen LogP contribution < -0.4 is 16.6 Å². The molecule has 1 aliphatic rings. The highest BCUT2D eigenvalue weighted by atomic mass is 16.2. The third-order valence-electron chi connectivity index (χ3n) is 4.00. The monoisotopic (exact) mass is 266 g/mol. The SMILES string of the molecule is CC1CCCCCC1Nc1nn(C)c(=O)n(C)c1=O. The zero-order chi connectivity index (χ0) is 14.0. The molecule has 0 saturated heterocycles. The van der Waals surface area contributed by atoms with Gasteiger partial charge < -0.3 is 5.32 Å². The van der Waals surface area contributed by atoms with Crippen LogP contribution in [0.2, 0.25) is 0 Å². The number of anilines is 1. The van der Waals surface area contributed by atoms with Crippen molar-refractivity contribution < 1.29 is 0 Å². The van der Waals surface area contributed by atoms with Gasteiger partial charge in [-0.2, -0.15) is 0 Å². The van der Waals surface area contributed by atoms with Gasteiger partial charge in [-0.1, -0.05) is 26.2 Å². The molecule has 0 bridgehead atoms. The maximum Gasteiger partial charge on any atom is 0.346 e. The first-order valence-electron chi connectivity index (χ1n) is 6.91. The Labute approximate surface area is 112 Å². The number of rotatable bonds is 2. The average molecular weight is 266 g/mol. The molecule has 0 radical (unpaired) electrons. The second-order valence-corrected chi connectivity index (χ2v) is 5.49. The fourth-order valence-corrected chi connectivity index (χ4v) is 2.67. The molecule has 106 valence electrons. The average Bonchev–Trinajstić information content (AvgIpc) is 2.59. The minimum absolute atomic E-state index is 0.264. The van der Waals surface area contributed by atoms with E-state index in [1.807, 2.05) is 0 Å². The van der Waals surface area contributed by atoms with E-state index < -0.39 is 5.69 Å². The van der Waals surface area contributed by atoms with E-state index in [1.165, 1.54) is 37.4 Å². The quantitative estimate of drug-likeness (QED) is 0.806.